The fourth-order valence-electron chi connectivity index (χ4n) is 2.28. The molecule has 24 heavy (non-hydrogen) atoms. The van der Waals surface area contributed by atoms with Gasteiger partial charge in [-0.1, -0.05) is 57.6 Å². The van der Waals surface area contributed by atoms with E-state index in [2.05, 4.69) is 31.4 Å². The molecule has 0 atom stereocenters. The van der Waals surface area contributed by atoms with Crippen molar-refractivity contribution in [2.75, 3.05) is 12.4 Å². The van der Waals surface area contributed by atoms with Gasteiger partial charge in [-0.25, -0.2) is 0 Å². The first kappa shape index (κ1) is 16.6. The molecule has 0 saturated carbocycles. The normalized spacial score (nSPS) is 10.5. The molecule has 1 heterocycles. The SMILES string of the molecule is COc1cccc(C)c1C(=O)Nc1nnc(-c2ccccc2Br)s1. The summed E-state index contributed by atoms with van der Waals surface area (Å²) in [5.41, 5.74) is 2.27. The van der Waals surface area contributed by atoms with Crippen LogP contribution in [0.5, 0.6) is 5.75 Å². The lowest BCUT2D eigenvalue weighted by Crippen LogP contribution is -2.14. The molecule has 0 saturated heterocycles. The standard InChI is InChI=1S/C17H14BrN3O2S/c1-10-6-5-9-13(23-2)14(10)15(22)19-17-21-20-16(24-17)11-7-3-4-8-12(11)18/h3-9H,1-2H3,(H,19,21,22). The minimum absolute atomic E-state index is 0.264. The summed E-state index contributed by atoms with van der Waals surface area (Å²) < 4.78 is 6.21. The maximum absolute atomic E-state index is 12.6. The van der Waals surface area contributed by atoms with Gasteiger partial charge >= 0.3 is 0 Å². The van der Waals surface area contributed by atoms with Crippen LogP contribution in [0.1, 0.15) is 15.9 Å². The Balaban J connectivity index is 1.86. The van der Waals surface area contributed by atoms with Crippen molar-refractivity contribution in [3.8, 4) is 16.3 Å². The van der Waals surface area contributed by atoms with Crippen LogP contribution in [0.2, 0.25) is 0 Å². The topological polar surface area (TPSA) is 64.1 Å². The number of carbonyl (C=O) groups is 1. The Kier molecular flexibility index (Phi) is 4.92. The molecule has 0 aliphatic heterocycles. The van der Waals surface area contributed by atoms with Gasteiger partial charge in [-0.05, 0) is 24.6 Å². The van der Waals surface area contributed by atoms with Crippen LogP contribution >= 0.6 is 27.3 Å². The summed E-state index contributed by atoms with van der Waals surface area (Å²) in [6.45, 7) is 1.87. The van der Waals surface area contributed by atoms with E-state index in [4.69, 9.17) is 4.74 Å². The van der Waals surface area contributed by atoms with E-state index in [1.165, 1.54) is 11.3 Å². The summed E-state index contributed by atoms with van der Waals surface area (Å²) in [5, 5.41) is 12.2. The Bertz CT molecular complexity index is 895. The van der Waals surface area contributed by atoms with E-state index < -0.39 is 0 Å². The number of nitrogens with one attached hydrogen (secondary N) is 1. The van der Waals surface area contributed by atoms with Crippen LogP contribution in [0.4, 0.5) is 5.13 Å². The zero-order valence-electron chi connectivity index (χ0n) is 13.0. The van der Waals surface area contributed by atoms with Crippen LogP contribution in [-0.4, -0.2) is 23.2 Å². The molecule has 3 rings (SSSR count). The summed E-state index contributed by atoms with van der Waals surface area (Å²) in [6, 6.07) is 13.2. The van der Waals surface area contributed by atoms with Crippen LogP contribution in [0.15, 0.2) is 46.9 Å². The van der Waals surface area contributed by atoms with Gasteiger partial charge in [0.2, 0.25) is 5.13 Å². The number of benzene rings is 2. The van der Waals surface area contributed by atoms with E-state index in [1.807, 2.05) is 43.3 Å². The van der Waals surface area contributed by atoms with Gasteiger partial charge in [0, 0.05) is 10.0 Å². The Labute approximate surface area is 151 Å². The average Bonchev–Trinajstić information content (AvgIpc) is 3.03. The summed E-state index contributed by atoms with van der Waals surface area (Å²) in [4.78, 5) is 12.6. The molecule has 0 aliphatic rings. The highest BCUT2D eigenvalue weighted by Gasteiger charge is 2.17. The highest BCUT2D eigenvalue weighted by Crippen LogP contribution is 2.32. The van der Waals surface area contributed by atoms with E-state index >= 15 is 0 Å². The largest absolute Gasteiger partial charge is 0.496 e. The second-order valence-electron chi connectivity index (χ2n) is 5.00. The van der Waals surface area contributed by atoms with Gasteiger partial charge in [-0.15, -0.1) is 10.2 Å². The van der Waals surface area contributed by atoms with Gasteiger partial charge in [0.1, 0.15) is 5.75 Å². The molecule has 122 valence electrons. The minimum Gasteiger partial charge on any atom is -0.496 e. The molecule has 7 heteroatoms. The summed E-state index contributed by atoms with van der Waals surface area (Å²) in [5.74, 6) is 0.266. The number of aryl methyl sites for hydroxylation is 1. The summed E-state index contributed by atoms with van der Waals surface area (Å²) in [6.07, 6.45) is 0. The van der Waals surface area contributed by atoms with Crippen LogP contribution in [0, 0.1) is 6.92 Å². The monoisotopic (exact) mass is 403 g/mol. The number of rotatable bonds is 4. The fourth-order valence-corrected chi connectivity index (χ4v) is 3.66. The van der Waals surface area contributed by atoms with Crippen molar-refractivity contribution in [1.29, 1.82) is 0 Å². The predicted molar refractivity (Wildman–Crippen MR) is 98.7 cm³/mol. The summed E-state index contributed by atoms with van der Waals surface area (Å²) >= 11 is 4.81. The highest BCUT2D eigenvalue weighted by atomic mass is 79.9. The smallest absolute Gasteiger partial charge is 0.261 e. The van der Waals surface area contributed by atoms with Gasteiger partial charge < -0.3 is 4.74 Å². The number of amides is 1. The zero-order chi connectivity index (χ0) is 17.1. The second-order valence-corrected chi connectivity index (χ2v) is 6.83. The van der Waals surface area contributed by atoms with Crippen molar-refractivity contribution in [3.05, 3.63) is 58.1 Å². The van der Waals surface area contributed by atoms with Crippen molar-refractivity contribution in [2.24, 2.45) is 0 Å². The number of hydrogen-bond donors (Lipinski definition) is 1. The molecule has 5 nitrogen and oxygen atoms in total. The summed E-state index contributed by atoms with van der Waals surface area (Å²) in [7, 11) is 1.54. The van der Waals surface area contributed by atoms with Gasteiger partial charge in [-0.2, -0.15) is 0 Å². The van der Waals surface area contributed by atoms with Crippen LogP contribution in [0.25, 0.3) is 10.6 Å². The van der Waals surface area contributed by atoms with Crippen molar-refractivity contribution in [1.82, 2.24) is 10.2 Å². The first-order valence-corrected chi connectivity index (χ1v) is 8.74. The number of anilines is 1. The molecule has 2 aromatic carbocycles. The Morgan fingerprint density at radius 2 is 1.96 bits per heavy atom. The number of hydrogen-bond acceptors (Lipinski definition) is 5. The molecule has 0 unspecified atom stereocenters. The molecular weight excluding hydrogens is 390 g/mol. The van der Waals surface area contributed by atoms with E-state index in [0.29, 0.717) is 16.4 Å². The number of carbonyl (C=O) groups excluding carboxylic acids is 1. The lowest BCUT2D eigenvalue weighted by Gasteiger charge is -2.10. The molecule has 0 fully saturated rings. The first-order valence-electron chi connectivity index (χ1n) is 7.13. The van der Waals surface area contributed by atoms with Crippen LogP contribution in [-0.2, 0) is 0 Å². The third-order valence-electron chi connectivity index (χ3n) is 3.43. The van der Waals surface area contributed by atoms with E-state index in [9.17, 15) is 4.79 Å². The zero-order valence-corrected chi connectivity index (χ0v) is 15.4. The molecule has 1 N–H and O–H groups in total. The second kappa shape index (κ2) is 7.11. The van der Waals surface area contributed by atoms with Crippen molar-refractivity contribution in [2.45, 2.75) is 6.92 Å². The third-order valence-corrected chi connectivity index (χ3v) is 4.99. The fraction of sp³-hybridized carbons (Fsp3) is 0.118. The van der Waals surface area contributed by atoms with E-state index in [0.717, 1.165) is 20.6 Å². The third kappa shape index (κ3) is 3.32. The van der Waals surface area contributed by atoms with Crippen molar-refractivity contribution in [3.63, 3.8) is 0 Å². The number of aromatic nitrogens is 2. The predicted octanol–water partition coefficient (Wildman–Crippen LogP) is 4.54. The maximum Gasteiger partial charge on any atom is 0.261 e. The molecule has 0 aliphatic carbocycles. The van der Waals surface area contributed by atoms with Gasteiger partial charge in [-0.3, -0.25) is 10.1 Å². The van der Waals surface area contributed by atoms with Gasteiger partial charge in [0.05, 0.1) is 12.7 Å². The molecular formula is C17H14BrN3O2S. The Morgan fingerprint density at radius 3 is 2.71 bits per heavy atom. The number of halogens is 1. The number of ether oxygens (including phenoxy) is 1. The highest BCUT2D eigenvalue weighted by molar-refractivity contribution is 9.10. The molecule has 1 amide bonds. The van der Waals surface area contributed by atoms with Crippen molar-refractivity contribution < 1.29 is 9.53 Å². The van der Waals surface area contributed by atoms with Crippen LogP contribution < -0.4 is 10.1 Å². The van der Waals surface area contributed by atoms with Crippen LogP contribution in [0.3, 0.4) is 0 Å². The quantitative estimate of drug-likeness (QED) is 0.694. The first-order chi connectivity index (χ1) is 11.6. The molecule has 3 aromatic rings. The Hall–Kier alpha value is -2.25. The minimum atomic E-state index is -0.264. The maximum atomic E-state index is 12.6. The Morgan fingerprint density at radius 1 is 1.17 bits per heavy atom. The molecule has 0 radical (unpaired) electrons. The van der Waals surface area contributed by atoms with E-state index in [-0.39, 0.29) is 5.91 Å². The molecule has 0 spiro atoms. The van der Waals surface area contributed by atoms with Crippen molar-refractivity contribution >= 4 is 38.3 Å². The molecule has 0 bridgehead atoms. The lowest BCUT2D eigenvalue weighted by atomic mass is 10.1. The van der Waals surface area contributed by atoms with E-state index in [1.54, 1.807) is 13.2 Å². The lowest BCUT2D eigenvalue weighted by molar-refractivity contribution is 0.102. The van der Waals surface area contributed by atoms with Gasteiger partial charge in [0.15, 0.2) is 5.01 Å². The molecule has 1 aromatic heterocycles. The average molecular weight is 404 g/mol. The van der Waals surface area contributed by atoms with Gasteiger partial charge in [0.25, 0.3) is 5.91 Å². The number of nitrogens with zero attached hydrogens (tertiary/aromatic N) is 2. The number of methoxy groups -OCH3 is 1.